The third kappa shape index (κ3) is 2.02. The molecule has 0 radical (unpaired) electrons. The van der Waals surface area contributed by atoms with Crippen LogP contribution in [-0.2, 0) is 0 Å². The standard InChI is InChI=1S/C11H10BrNO/c1-7-3-9(11(14)5-12)4-10(6-13)8(7)2/h3-4H,5H2,1-2H3. The highest BCUT2D eigenvalue weighted by Gasteiger charge is 2.08. The Morgan fingerprint density at radius 2 is 2.14 bits per heavy atom. The van der Waals surface area contributed by atoms with Gasteiger partial charge in [-0.15, -0.1) is 0 Å². The lowest BCUT2D eigenvalue weighted by atomic mass is 9.99. The molecule has 0 aliphatic heterocycles. The molecule has 0 heterocycles. The van der Waals surface area contributed by atoms with Gasteiger partial charge in [-0.2, -0.15) is 5.26 Å². The van der Waals surface area contributed by atoms with Gasteiger partial charge in [0.25, 0.3) is 0 Å². The molecule has 1 aromatic rings. The fourth-order valence-corrected chi connectivity index (χ4v) is 1.54. The first-order chi connectivity index (χ1) is 6.60. The van der Waals surface area contributed by atoms with Crippen LogP contribution in [0.5, 0.6) is 0 Å². The summed E-state index contributed by atoms with van der Waals surface area (Å²) in [5.74, 6) is 0.00426. The molecule has 0 amide bonds. The normalized spacial score (nSPS) is 9.57. The minimum Gasteiger partial charge on any atom is -0.293 e. The third-order valence-corrected chi connectivity index (χ3v) is 2.74. The Bertz CT molecular complexity index is 418. The number of carbonyl (C=O) groups excluding carboxylic acids is 1. The summed E-state index contributed by atoms with van der Waals surface area (Å²) in [6.45, 7) is 3.79. The largest absolute Gasteiger partial charge is 0.293 e. The molecule has 0 aliphatic carbocycles. The molecule has 1 rings (SSSR count). The molecule has 72 valence electrons. The number of aryl methyl sites for hydroxylation is 1. The maximum atomic E-state index is 11.4. The molecule has 1 aromatic carbocycles. The second-order valence-electron chi connectivity index (χ2n) is 3.13. The van der Waals surface area contributed by atoms with Crippen LogP contribution in [0.15, 0.2) is 12.1 Å². The van der Waals surface area contributed by atoms with E-state index in [1.54, 1.807) is 6.07 Å². The van der Waals surface area contributed by atoms with Crippen molar-refractivity contribution in [3.05, 3.63) is 34.4 Å². The highest BCUT2D eigenvalue weighted by molar-refractivity contribution is 9.09. The zero-order valence-corrected chi connectivity index (χ0v) is 9.68. The Balaban J connectivity index is 3.32. The maximum absolute atomic E-state index is 11.4. The smallest absolute Gasteiger partial charge is 0.173 e. The van der Waals surface area contributed by atoms with Crippen LogP contribution in [0, 0.1) is 25.2 Å². The number of alkyl halides is 1. The highest BCUT2D eigenvalue weighted by atomic mass is 79.9. The zero-order chi connectivity index (χ0) is 10.7. The van der Waals surface area contributed by atoms with E-state index in [0.29, 0.717) is 16.5 Å². The van der Waals surface area contributed by atoms with Crippen LogP contribution in [0.1, 0.15) is 27.0 Å². The fraction of sp³-hybridized carbons (Fsp3) is 0.273. The van der Waals surface area contributed by atoms with Gasteiger partial charge in [0, 0.05) is 5.56 Å². The summed E-state index contributed by atoms with van der Waals surface area (Å²) < 4.78 is 0. The van der Waals surface area contributed by atoms with Crippen molar-refractivity contribution in [3.8, 4) is 6.07 Å². The number of ketones is 1. The first-order valence-corrected chi connectivity index (χ1v) is 5.32. The molecule has 0 spiro atoms. The molecule has 0 N–H and O–H groups in total. The summed E-state index contributed by atoms with van der Waals surface area (Å²) in [6.07, 6.45) is 0. The summed E-state index contributed by atoms with van der Waals surface area (Å²) >= 11 is 3.11. The van der Waals surface area contributed by atoms with E-state index < -0.39 is 0 Å². The van der Waals surface area contributed by atoms with Crippen molar-refractivity contribution < 1.29 is 4.79 Å². The number of nitrogens with zero attached hydrogens (tertiary/aromatic N) is 1. The topological polar surface area (TPSA) is 40.9 Å². The maximum Gasteiger partial charge on any atom is 0.173 e. The molecule has 3 heteroatoms. The van der Waals surface area contributed by atoms with Crippen LogP contribution in [0.3, 0.4) is 0 Å². The summed E-state index contributed by atoms with van der Waals surface area (Å²) in [5, 5.41) is 9.14. The van der Waals surface area contributed by atoms with E-state index in [9.17, 15) is 4.79 Å². The van der Waals surface area contributed by atoms with Crippen LogP contribution in [0.2, 0.25) is 0 Å². The van der Waals surface area contributed by atoms with Crippen molar-refractivity contribution >= 4 is 21.7 Å². The van der Waals surface area contributed by atoms with Crippen LogP contribution >= 0.6 is 15.9 Å². The number of Topliss-reactive ketones (excluding diaryl/α,β-unsaturated/α-hetero) is 1. The van der Waals surface area contributed by atoms with Gasteiger partial charge >= 0.3 is 0 Å². The van der Waals surface area contributed by atoms with E-state index in [1.165, 1.54) is 0 Å². The van der Waals surface area contributed by atoms with Crippen molar-refractivity contribution in [3.63, 3.8) is 0 Å². The monoisotopic (exact) mass is 251 g/mol. The van der Waals surface area contributed by atoms with Gasteiger partial charge < -0.3 is 0 Å². The first kappa shape index (κ1) is 10.9. The Morgan fingerprint density at radius 1 is 1.50 bits per heavy atom. The van der Waals surface area contributed by atoms with Crippen LogP contribution in [0.4, 0.5) is 0 Å². The van der Waals surface area contributed by atoms with Crippen LogP contribution in [0.25, 0.3) is 0 Å². The van der Waals surface area contributed by atoms with E-state index in [-0.39, 0.29) is 5.78 Å². The lowest BCUT2D eigenvalue weighted by molar-refractivity contribution is 0.102. The fourth-order valence-electron chi connectivity index (χ4n) is 1.21. The van der Waals surface area contributed by atoms with Gasteiger partial charge in [-0.1, -0.05) is 15.9 Å². The van der Waals surface area contributed by atoms with E-state index in [4.69, 9.17) is 5.26 Å². The van der Waals surface area contributed by atoms with Crippen molar-refractivity contribution in [2.75, 3.05) is 5.33 Å². The van der Waals surface area contributed by atoms with Crippen molar-refractivity contribution in [1.82, 2.24) is 0 Å². The number of rotatable bonds is 2. The Morgan fingerprint density at radius 3 is 2.64 bits per heavy atom. The number of carbonyl (C=O) groups is 1. The Hall–Kier alpha value is -1.14. The van der Waals surface area contributed by atoms with Gasteiger partial charge in [-0.05, 0) is 37.1 Å². The summed E-state index contributed by atoms with van der Waals surface area (Å²) in [4.78, 5) is 11.4. The minimum atomic E-state index is 0.00426. The summed E-state index contributed by atoms with van der Waals surface area (Å²) in [6, 6.07) is 5.55. The van der Waals surface area contributed by atoms with Gasteiger partial charge in [0.1, 0.15) is 0 Å². The second kappa shape index (κ2) is 4.39. The summed E-state index contributed by atoms with van der Waals surface area (Å²) in [7, 11) is 0. The third-order valence-electron chi connectivity index (χ3n) is 2.23. The number of halogens is 1. The molecular weight excluding hydrogens is 242 g/mol. The predicted octanol–water partition coefficient (Wildman–Crippen LogP) is 2.75. The highest BCUT2D eigenvalue weighted by Crippen LogP contribution is 2.16. The van der Waals surface area contributed by atoms with Crippen molar-refractivity contribution in [1.29, 1.82) is 5.26 Å². The minimum absolute atomic E-state index is 0.00426. The average molecular weight is 252 g/mol. The lowest BCUT2D eigenvalue weighted by Gasteiger charge is -2.05. The number of hydrogen-bond acceptors (Lipinski definition) is 2. The van der Waals surface area contributed by atoms with Gasteiger partial charge in [0.15, 0.2) is 5.78 Å². The lowest BCUT2D eigenvalue weighted by Crippen LogP contribution is -2.02. The molecule has 14 heavy (non-hydrogen) atoms. The Kier molecular flexibility index (Phi) is 3.43. The molecule has 0 fully saturated rings. The van der Waals surface area contributed by atoms with Crippen molar-refractivity contribution in [2.45, 2.75) is 13.8 Å². The van der Waals surface area contributed by atoms with Gasteiger partial charge in [0.05, 0.1) is 17.0 Å². The van der Waals surface area contributed by atoms with E-state index in [1.807, 2.05) is 19.9 Å². The molecule has 0 unspecified atom stereocenters. The van der Waals surface area contributed by atoms with Gasteiger partial charge in [0.2, 0.25) is 0 Å². The van der Waals surface area contributed by atoms with E-state index in [2.05, 4.69) is 22.0 Å². The molecule has 0 saturated carbocycles. The average Bonchev–Trinajstić information content (AvgIpc) is 2.20. The molecule has 2 nitrogen and oxygen atoms in total. The van der Waals surface area contributed by atoms with Crippen LogP contribution in [-0.4, -0.2) is 11.1 Å². The summed E-state index contributed by atoms with van der Waals surface area (Å²) in [5.41, 5.74) is 3.10. The number of nitriles is 1. The Labute approximate surface area is 91.7 Å². The molecular formula is C11H10BrNO. The van der Waals surface area contributed by atoms with E-state index in [0.717, 1.165) is 11.1 Å². The van der Waals surface area contributed by atoms with E-state index >= 15 is 0 Å². The molecule has 0 aromatic heterocycles. The second-order valence-corrected chi connectivity index (χ2v) is 3.70. The quantitative estimate of drug-likeness (QED) is 0.599. The van der Waals surface area contributed by atoms with Crippen LogP contribution < -0.4 is 0 Å². The van der Waals surface area contributed by atoms with Gasteiger partial charge in [-0.3, -0.25) is 4.79 Å². The molecule has 0 atom stereocenters. The number of benzene rings is 1. The molecule has 0 aliphatic rings. The molecule has 0 bridgehead atoms. The SMILES string of the molecule is Cc1cc(C(=O)CBr)cc(C#N)c1C. The predicted molar refractivity (Wildman–Crippen MR) is 58.8 cm³/mol. The number of hydrogen-bond donors (Lipinski definition) is 0. The van der Waals surface area contributed by atoms with Gasteiger partial charge in [-0.25, -0.2) is 0 Å². The van der Waals surface area contributed by atoms with Crippen molar-refractivity contribution in [2.24, 2.45) is 0 Å². The first-order valence-electron chi connectivity index (χ1n) is 4.20. The zero-order valence-electron chi connectivity index (χ0n) is 8.10. The molecule has 0 saturated heterocycles.